The third-order valence-electron chi connectivity index (χ3n) is 2.22. The van der Waals surface area contributed by atoms with Crippen LogP contribution in [0.25, 0.3) is 0 Å². The van der Waals surface area contributed by atoms with Crippen molar-refractivity contribution in [2.75, 3.05) is 0 Å². The van der Waals surface area contributed by atoms with Crippen LogP contribution >= 0.6 is 0 Å². The Balaban J connectivity index is 3.06. The number of nitro groups is 1. The van der Waals surface area contributed by atoms with Gasteiger partial charge in [0, 0.05) is 12.1 Å². The normalized spacial score (nSPS) is 15.4. The number of non-ortho nitro benzene ring substituents is 1. The van der Waals surface area contributed by atoms with Gasteiger partial charge < -0.3 is 5.11 Å². The predicted molar refractivity (Wildman–Crippen MR) is 53.3 cm³/mol. The van der Waals surface area contributed by atoms with Crippen molar-refractivity contribution in [2.24, 2.45) is 0 Å². The first-order chi connectivity index (χ1) is 7.62. The van der Waals surface area contributed by atoms with Gasteiger partial charge in [-0.1, -0.05) is 12.1 Å². The highest BCUT2D eigenvalue weighted by atomic mass is 19.4. The van der Waals surface area contributed by atoms with Crippen LogP contribution in [0.4, 0.5) is 18.9 Å². The SMILES string of the molecule is CC(O)(CC(F)(F)F)c1cccc([N+](=O)[O-])c1. The molecule has 0 heterocycles. The summed E-state index contributed by atoms with van der Waals surface area (Å²) in [6.45, 7) is 0.972. The molecule has 7 heteroatoms. The van der Waals surface area contributed by atoms with E-state index in [-0.39, 0.29) is 11.3 Å². The van der Waals surface area contributed by atoms with E-state index in [0.717, 1.165) is 19.1 Å². The fourth-order valence-electron chi connectivity index (χ4n) is 1.45. The monoisotopic (exact) mass is 249 g/mol. The average Bonchev–Trinajstić information content (AvgIpc) is 2.14. The van der Waals surface area contributed by atoms with Crippen LogP contribution in [0.5, 0.6) is 0 Å². The Labute approximate surface area is 94.8 Å². The lowest BCUT2D eigenvalue weighted by atomic mass is 9.92. The first kappa shape index (κ1) is 13.4. The number of halogens is 3. The number of hydrogen-bond acceptors (Lipinski definition) is 3. The second-order valence-electron chi connectivity index (χ2n) is 3.87. The summed E-state index contributed by atoms with van der Waals surface area (Å²) in [5.41, 5.74) is -2.67. The van der Waals surface area contributed by atoms with Gasteiger partial charge in [-0.15, -0.1) is 0 Å². The lowest BCUT2D eigenvalue weighted by Gasteiger charge is -2.24. The summed E-state index contributed by atoms with van der Waals surface area (Å²) < 4.78 is 36.6. The van der Waals surface area contributed by atoms with Crippen LogP contribution in [-0.4, -0.2) is 16.2 Å². The number of aliphatic hydroxyl groups is 1. The number of alkyl halides is 3. The fourth-order valence-corrected chi connectivity index (χ4v) is 1.45. The zero-order valence-corrected chi connectivity index (χ0v) is 8.86. The van der Waals surface area contributed by atoms with E-state index in [1.807, 2.05) is 0 Å². The molecule has 0 aliphatic carbocycles. The average molecular weight is 249 g/mol. The van der Waals surface area contributed by atoms with Gasteiger partial charge in [-0.2, -0.15) is 13.2 Å². The van der Waals surface area contributed by atoms with Gasteiger partial charge in [0.25, 0.3) is 5.69 Å². The quantitative estimate of drug-likeness (QED) is 0.661. The van der Waals surface area contributed by atoms with Crippen LogP contribution in [0.2, 0.25) is 0 Å². The zero-order chi connectivity index (χ0) is 13.3. The smallest absolute Gasteiger partial charge is 0.385 e. The van der Waals surface area contributed by atoms with Crippen molar-refractivity contribution in [3.8, 4) is 0 Å². The molecule has 0 amide bonds. The molecule has 1 aromatic carbocycles. The van der Waals surface area contributed by atoms with Crippen molar-refractivity contribution in [3.63, 3.8) is 0 Å². The first-order valence-electron chi connectivity index (χ1n) is 4.66. The molecule has 1 N–H and O–H groups in total. The molecule has 94 valence electrons. The molecule has 1 unspecified atom stereocenters. The Morgan fingerprint density at radius 2 is 2.00 bits per heavy atom. The molecule has 17 heavy (non-hydrogen) atoms. The van der Waals surface area contributed by atoms with Gasteiger partial charge in [0.05, 0.1) is 16.9 Å². The first-order valence-corrected chi connectivity index (χ1v) is 4.66. The number of rotatable bonds is 3. The minimum atomic E-state index is -4.55. The molecule has 1 atom stereocenters. The molecule has 0 aromatic heterocycles. The van der Waals surface area contributed by atoms with Gasteiger partial charge in [0.1, 0.15) is 0 Å². The number of benzene rings is 1. The summed E-state index contributed by atoms with van der Waals surface area (Å²) in [6.07, 6.45) is -6.00. The minimum Gasteiger partial charge on any atom is -0.385 e. The summed E-state index contributed by atoms with van der Waals surface area (Å²) in [7, 11) is 0. The Morgan fingerprint density at radius 3 is 2.47 bits per heavy atom. The second-order valence-corrected chi connectivity index (χ2v) is 3.87. The van der Waals surface area contributed by atoms with Crippen LogP contribution in [0, 0.1) is 10.1 Å². The molecule has 1 aromatic rings. The highest BCUT2D eigenvalue weighted by Gasteiger charge is 2.39. The molecule has 0 spiro atoms. The molecule has 4 nitrogen and oxygen atoms in total. The van der Waals surface area contributed by atoms with Gasteiger partial charge in [0.15, 0.2) is 0 Å². The predicted octanol–water partition coefficient (Wildman–Crippen LogP) is 2.75. The summed E-state index contributed by atoms with van der Waals surface area (Å²) in [5, 5.41) is 20.2. The Morgan fingerprint density at radius 1 is 1.41 bits per heavy atom. The molecule has 0 radical (unpaired) electrons. The van der Waals surface area contributed by atoms with Gasteiger partial charge in [-0.25, -0.2) is 0 Å². The topological polar surface area (TPSA) is 63.4 Å². The van der Waals surface area contributed by atoms with Gasteiger partial charge >= 0.3 is 6.18 Å². The second kappa shape index (κ2) is 4.33. The van der Waals surface area contributed by atoms with Crippen molar-refractivity contribution >= 4 is 5.69 Å². The highest BCUT2D eigenvalue weighted by molar-refractivity contribution is 5.36. The van der Waals surface area contributed by atoms with E-state index in [0.29, 0.717) is 0 Å². The summed E-state index contributed by atoms with van der Waals surface area (Å²) >= 11 is 0. The fraction of sp³-hybridized carbons (Fsp3) is 0.400. The van der Waals surface area contributed by atoms with Crippen LogP contribution in [-0.2, 0) is 5.60 Å². The van der Waals surface area contributed by atoms with Crippen LogP contribution in [0.15, 0.2) is 24.3 Å². The maximum absolute atomic E-state index is 12.2. The van der Waals surface area contributed by atoms with Crippen molar-refractivity contribution in [2.45, 2.75) is 25.1 Å². The van der Waals surface area contributed by atoms with Gasteiger partial charge in [-0.05, 0) is 12.5 Å². The lowest BCUT2D eigenvalue weighted by molar-refractivity contribution is -0.385. The number of nitro benzene ring substituents is 1. The largest absolute Gasteiger partial charge is 0.392 e. The van der Waals surface area contributed by atoms with Crippen LogP contribution in [0.3, 0.4) is 0 Å². The summed E-state index contributed by atoms with van der Waals surface area (Å²) in [6, 6.07) is 4.54. The Bertz CT molecular complexity index is 429. The standard InChI is InChI=1S/C10H10F3NO3/c1-9(15,6-10(11,12)13)7-3-2-4-8(5-7)14(16)17/h2-5,15H,6H2,1H3. The number of hydrogen-bond donors (Lipinski definition) is 1. The van der Waals surface area contributed by atoms with E-state index in [1.165, 1.54) is 12.1 Å². The van der Waals surface area contributed by atoms with E-state index in [2.05, 4.69) is 0 Å². The molecule has 1 rings (SSSR count). The van der Waals surface area contributed by atoms with Crippen LogP contribution in [0.1, 0.15) is 18.9 Å². The maximum Gasteiger partial charge on any atom is 0.392 e. The number of nitrogens with zero attached hydrogens (tertiary/aromatic N) is 1. The molecule has 0 fully saturated rings. The van der Waals surface area contributed by atoms with Gasteiger partial charge in [0.2, 0.25) is 0 Å². The van der Waals surface area contributed by atoms with E-state index in [1.54, 1.807) is 0 Å². The zero-order valence-electron chi connectivity index (χ0n) is 8.86. The third-order valence-corrected chi connectivity index (χ3v) is 2.22. The van der Waals surface area contributed by atoms with E-state index >= 15 is 0 Å². The lowest BCUT2D eigenvalue weighted by Crippen LogP contribution is -2.29. The maximum atomic E-state index is 12.2. The minimum absolute atomic E-state index is 0.135. The molecular formula is C10H10F3NO3. The summed E-state index contributed by atoms with van der Waals surface area (Å²) in [5.74, 6) is 0. The summed E-state index contributed by atoms with van der Waals surface area (Å²) in [4.78, 5) is 9.74. The highest BCUT2D eigenvalue weighted by Crippen LogP contribution is 2.35. The molecule has 0 aliphatic rings. The van der Waals surface area contributed by atoms with Crippen molar-refractivity contribution in [1.29, 1.82) is 0 Å². The van der Waals surface area contributed by atoms with E-state index < -0.39 is 23.1 Å². The van der Waals surface area contributed by atoms with Gasteiger partial charge in [-0.3, -0.25) is 10.1 Å². The van der Waals surface area contributed by atoms with Crippen molar-refractivity contribution in [3.05, 3.63) is 39.9 Å². The van der Waals surface area contributed by atoms with E-state index in [4.69, 9.17) is 0 Å². The Hall–Kier alpha value is -1.63. The molecule has 0 bridgehead atoms. The Kier molecular flexibility index (Phi) is 3.42. The molecule has 0 aliphatic heterocycles. The molecule has 0 saturated carbocycles. The van der Waals surface area contributed by atoms with Crippen molar-refractivity contribution in [1.82, 2.24) is 0 Å². The van der Waals surface area contributed by atoms with Crippen LogP contribution < -0.4 is 0 Å². The molecular weight excluding hydrogens is 239 g/mol. The third kappa shape index (κ3) is 3.70. The van der Waals surface area contributed by atoms with Crippen molar-refractivity contribution < 1.29 is 23.2 Å². The van der Waals surface area contributed by atoms with E-state index in [9.17, 15) is 28.4 Å². The molecule has 0 saturated heterocycles.